The summed E-state index contributed by atoms with van der Waals surface area (Å²) in [4.78, 5) is 12.0. The molecule has 0 aliphatic carbocycles. The highest BCUT2D eigenvalue weighted by atomic mass is 35.5. The molecular formula is C18H20ClFN2O. The molecule has 0 saturated carbocycles. The molecule has 0 aromatic heterocycles. The van der Waals surface area contributed by atoms with Crippen LogP contribution >= 0.6 is 11.6 Å². The van der Waals surface area contributed by atoms with Crippen LogP contribution in [0.25, 0.3) is 0 Å². The van der Waals surface area contributed by atoms with E-state index in [2.05, 4.69) is 36.6 Å². The van der Waals surface area contributed by atoms with Crippen LogP contribution in [0.15, 0.2) is 42.5 Å². The highest BCUT2D eigenvalue weighted by Crippen LogP contribution is 2.20. The Bertz CT molecular complexity index is 686. The summed E-state index contributed by atoms with van der Waals surface area (Å²) in [6.07, 6.45) is 0. The van der Waals surface area contributed by atoms with Gasteiger partial charge in [0.25, 0.3) is 0 Å². The number of nitrogens with one attached hydrogen (secondary N) is 2. The van der Waals surface area contributed by atoms with E-state index in [-0.39, 0.29) is 16.8 Å². The van der Waals surface area contributed by atoms with Crippen molar-refractivity contribution in [3.8, 4) is 0 Å². The maximum atomic E-state index is 13.7. The Morgan fingerprint density at radius 1 is 1.04 bits per heavy atom. The number of anilines is 1. The molecule has 0 bridgehead atoms. The second-order valence-corrected chi connectivity index (χ2v) is 6.20. The number of carbonyl (C=O) groups excluding carboxylic acids is 1. The molecule has 2 amide bonds. The normalized spacial score (nSPS) is 12.1. The molecule has 0 saturated heterocycles. The molecule has 0 fully saturated rings. The maximum absolute atomic E-state index is 13.7. The van der Waals surface area contributed by atoms with Crippen molar-refractivity contribution in [1.29, 1.82) is 0 Å². The van der Waals surface area contributed by atoms with Gasteiger partial charge in [0.2, 0.25) is 0 Å². The Labute approximate surface area is 140 Å². The molecule has 0 heterocycles. The highest BCUT2D eigenvalue weighted by molar-refractivity contribution is 6.30. The standard InChI is InChI=1S/C18H20ClFN2O/c1-11(2)13-4-6-14(7-5-13)12(3)21-18(23)22-17-9-8-15(19)10-16(17)20/h4-12H,1-3H3,(H2,21,22,23)/t12-/m1/s1. The van der Waals surface area contributed by atoms with Gasteiger partial charge in [0.15, 0.2) is 0 Å². The number of hydrogen-bond acceptors (Lipinski definition) is 1. The molecule has 0 radical (unpaired) electrons. The minimum Gasteiger partial charge on any atom is -0.331 e. The van der Waals surface area contributed by atoms with Gasteiger partial charge in [-0.15, -0.1) is 0 Å². The van der Waals surface area contributed by atoms with Gasteiger partial charge >= 0.3 is 6.03 Å². The molecule has 2 aromatic carbocycles. The first-order valence-corrected chi connectivity index (χ1v) is 7.87. The van der Waals surface area contributed by atoms with Crippen molar-refractivity contribution in [3.63, 3.8) is 0 Å². The van der Waals surface area contributed by atoms with Crippen molar-refractivity contribution >= 4 is 23.3 Å². The van der Waals surface area contributed by atoms with Crippen LogP contribution in [0.2, 0.25) is 5.02 Å². The summed E-state index contributed by atoms with van der Waals surface area (Å²) in [5.74, 6) is -0.106. The van der Waals surface area contributed by atoms with Crippen LogP contribution in [0.5, 0.6) is 0 Å². The number of urea groups is 1. The maximum Gasteiger partial charge on any atom is 0.319 e. The fraction of sp³-hybridized carbons (Fsp3) is 0.278. The van der Waals surface area contributed by atoms with E-state index < -0.39 is 11.8 Å². The molecule has 1 atom stereocenters. The van der Waals surface area contributed by atoms with Gasteiger partial charge in [0.1, 0.15) is 5.82 Å². The van der Waals surface area contributed by atoms with Crippen LogP contribution in [-0.4, -0.2) is 6.03 Å². The molecule has 0 aliphatic rings. The first kappa shape index (κ1) is 17.3. The lowest BCUT2D eigenvalue weighted by atomic mass is 10.00. The van der Waals surface area contributed by atoms with Crippen molar-refractivity contribution in [1.82, 2.24) is 5.32 Å². The molecule has 0 aliphatic heterocycles. The van der Waals surface area contributed by atoms with Crippen molar-refractivity contribution < 1.29 is 9.18 Å². The Kier molecular flexibility index (Phi) is 5.61. The van der Waals surface area contributed by atoms with Crippen molar-refractivity contribution in [2.45, 2.75) is 32.7 Å². The zero-order valence-electron chi connectivity index (χ0n) is 13.4. The molecule has 0 spiro atoms. The third kappa shape index (κ3) is 4.70. The monoisotopic (exact) mass is 334 g/mol. The lowest BCUT2D eigenvalue weighted by Gasteiger charge is -2.16. The van der Waals surface area contributed by atoms with Gasteiger partial charge < -0.3 is 10.6 Å². The summed E-state index contributed by atoms with van der Waals surface area (Å²) in [6.45, 7) is 6.14. The first-order valence-electron chi connectivity index (χ1n) is 7.49. The topological polar surface area (TPSA) is 41.1 Å². The number of carbonyl (C=O) groups is 1. The van der Waals surface area contributed by atoms with E-state index in [4.69, 9.17) is 11.6 Å². The number of hydrogen-bond donors (Lipinski definition) is 2. The minimum absolute atomic E-state index is 0.0919. The Hall–Kier alpha value is -2.07. The van der Waals surface area contributed by atoms with E-state index in [0.29, 0.717) is 5.92 Å². The van der Waals surface area contributed by atoms with Crippen LogP contribution in [0.4, 0.5) is 14.9 Å². The van der Waals surface area contributed by atoms with Gasteiger partial charge in [-0.05, 0) is 42.2 Å². The van der Waals surface area contributed by atoms with E-state index >= 15 is 0 Å². The molecule has 2 aromatic rings. The summed E-state index contributed by atoms with van der Waals surface area (Å²) in [5, 5.41) is 5.55. The second kappa shape index (κ2) is 7.47. The molecule has 23 heavy (non-hydrogen) atoms. The van der Waals surface area contributed by atoms with Crippen molar-refractivity contribution in [2.75, 3.05) is 5.32 Å². The number of halogens is 2. The summed E-state index contributed by atoms with van der Waals surface area (Å²) in [5.41, 5.74) is 2.32. The van der Waals surface area contributed by atoms with Crippen molar-refractivity contribution in [2.24, 2.45) is 0 Å². The van der Waals surface area contributed by atoms with Crippen molar-refractivity contribution in [3.05, 3.63) is 64.4 Å². The first-order chi connectivity index (χ1) is 10.9. The molecule has 2 rings (SSSR count). The van der Waals surface area contributed by atoms with Gasteiger partial charge in [0.05, 0.1) is 11.7 Å². The van der Waals surface area contributed by atoms with E-state index in [1.54, 1.807) is 0 Å². The van der Waals surface area contributed by atoms with E-state index in [9.17, 15) is 9.18 Å². The summed E-state index contributed by atoms with van der Waals surface area (Å²) >= 11 is 5.68. The average Bonchev–Trinajstić information content (AvgIpc) is 2.50. The predicted octanol–water partition coefficient (Wildman–Crippen LogP) is 5.49. The summed E-state index contributed by atoms with van der Waals surface area (Å²) in [7, 11) is 0. The van der Waals surface area contributed by atoms with Gasteiger partial charge in [-0.1, -0.05) is 49.7 Å². The fourth-order valence-electron chi connectivity index (χ4n) is 2.20. The van der Waals surface area contributed by atoms with Gasteiger partial charge in [-0.2, -0.15) is 0 Å². The quantitative estimate of drug-likeness (QED) is 0.763. The highest BCUT2D eigenvalue weighted by Gasteiger charge is 2.12. The average molecular weight is 335 g/mol. The molecular weight excluding hydrogens is 315 g/mol. The SMILES string of the molecule is CC(C)c1ccc([C@@H](C)NC(=O)Nc2ccc(Cl)cc2F)cc1. The van der Waals surface area contributed by atoms with Crippen LogP contribution in [0.3, 0.4) is 0 Å². The third-order valence-electron chi connectivity index (χ3n) is 3.63. The largest absolute Gasteiger partial charge is 0.331 e. The van der Waals surface area contributed by atoms with E-state index in [0.717, 1.165) is 11.6 Å². The van der Waals surface area contributed by atoms with E-state index in [1.165, 1.54) is 17.7 Å². The van der Waals surface area contributed by atoms with Crippen LogP contribution in [0.1, 0.15) is 43.9 Å². The van der Waals surface area contributed by atoms with Gasteiger partial charge in [0, 0.05) is 5.02 Å². The van der Waals surface area contributed by atoms with Gasteiger partial charge in [-0.3, -0.25) is 0 Å². The van der Waals surface area contributed by atoms with Crippen LogP contribution < -0.4 is 10.6 Å². The minimum atomic E-state index is -0.568. The number of amides is 2. The van der Waals surface area contributed by atoms with Gasteiger partial charge in [-0.25, -0.2) is 9.18 Å². The number of benzene rings is 2. The lowest BCUT2D eigenvalue weighted by Crippen LogP contribution is -2.31. The third-order valence-corrected chi connectivity index (χ3v) is 3.87. The van der Waals surface area contributed by atoms with Crippen LogP contribution in [-0.2, 0) is 0 Å². The zero-order chi connectivity index (χ0) is 17.0. The zero-order valence-corrected chi connectivity index (χ0v) is 14.1. The van der Waals surface area contributed by atoms with E-state index in [1.807, 2.05) is 19.1 Å². The molecule has 5 heteroatoms. The Morgan fingerprint density at radius 3 is 2.22 bits per heavy atom. The Balaban J connectivity index is 1.99. The molecule has 3 nitrogen and oxygen atoms in total. The molecule has 0 unspecified atom stereocenters. The lowest BCUT2D eigenvalue weighted by molar-refractivity contribution is 0.249. The van der Waals surface area contributed by atoms with Crippen LogP contribution in [0, 0.1) is 5.82 Å². The molecule has 2 N–H and O–H groups in total. The summed E-state index contributed by atoms with van der Waals surface area (Å²) in [6, 6.07) is 11.5. The second-order valence-electron chi connectivity index (χ2n) is 5.77. The fourth-order valence-corrected chi connectivity index (χ4v) is 2.36. The smallest absolute Gasteiger partial charge is 0.319 e. The molecule has 122 valence electrons. The Morgan fingerprint density at radius 2 is 1.65 bits per heavy atom. The predicted molar refractivity (Wildman–Crippen MR) is 92.5 cm³/mol. The summed E-state index contributed by atoms with van der Waals surface area (Å²) < 4.78 is 13.7. The number of rotatable bonds is 4.